The Bertz CT molecular complexity index is 462. The zero-order chi connectivity index (χ0) is 13.1. The minimum absolute atomic E-state index is 0.134. The van der Waals surface area contributed by atoms with Gasteiger partial charge in [-0.1, -0.05) is 0 Å². The molecule has 0 aliphatic carbocycles. The predicted molar refractivity (Wildman–Crippen MR) is 64.4 cm³/mol. The molecular weight excluding hydrogens is 258 g/mol. The molecule has 1 aromatic rings. The number of rotatable bonds is 3. The molecule has 0 bridgehead atoms. The molecule has 3 N–H and O–H groups in total. The number of hydrogen-bond acceptors (Lipinski definition) is 6. The van der Waals surface area contributed by atoms with Gasteiger partial charge in [-0.05, 0) is 0 Å². The van der Waals surface area contributed by atoms with Crippen LogP contribution in [0.15, 0.2) is 5.38 Å². The molecule has 0 radical (unpaired) electrons. The second-order valence-electron chi connectivity index (χ2n) is 3.90. The van der Waals surface area contributed by atoms with E-state index in [4.69, 9.17) is 15.6 Å². The molecule has 0 saturated carbocycles. The zero-order valence-corrected chi connectivity index (χ0v) is 10.4. The number of carboxylic acid groups (broad SMARTS) is 1. The van der Waals surface area contributed by atoms with Gasteiger partial charge in [-0.2, -0.15) is 0 Å². The molecule has 1 saturated heterocycles. The minimum atomic E-state index is -0.957. The molecule has 2 heterocycles. The lowest BCUT2D eigenvalue weighted by molar-refractivity contribution is -0.139. The van der Waals surface area contributed by atoms with Gasteiger partial charge in [0.25, 0.3) is 5.91 Å². The van der Waals surface area contributed by atoms with Gasteiger partial charge in [-0.15, -0.1) is 11.3 Å². The molecule has 1 amide bonds. The van der Waals surface area contributed by atoms with Crippen molar-refractivity contribution in [1.82, 2.24) is 9.88 Å². The fourth-order valence-corrected chi connectivity index (χ4v) is 2.36. The van der Waals surface area contributed by atoms with Crippen molar-refractivity contribution in [1.29, 1.82) is 0 Å². The van der Waals surface area contributed by atoms with Crippen molar-refractivity contribution in [3.8, 4) is 0 Å². The highest BCUT2D eigenvalue weighted by molar-refractivity contribution is 7.13. The van der Waals surface area contributed by atoms with Gasteiger partial charge in [0.1, 0.15) is 5.69 Å². The lowest BCUT2D eigenvalue weighted by Gasteiger charge is -2.34. The second kappa shape index (κ2) is 5.32. The molecule has 0 aromatic carbocycles. The Labute approximate surface area is 107 Å². The fourth-order valence-electron chi connectivity index (χ4n) is 1.83. The van der Waals surface area contributed by atoms with Crippen LogP contribution < -0.4 is 5.73 Å². The summed E-state index contributed by atoms with van der Waals surface area (Å²) in [6.45, 7) is 1.01. The first-order valence-corrected chi connectivity index (χ1v) is 6.27. The average Bonchev–Trinajstić information content (AvgIpc) is 2.75. The monoisotopic (exact) mass is 271 g/mol. The van der Waals surface area contributed by atoms with E-state index in [-0.39, 0.29) is 24.6 Å². The number of aliphatic carboxylic acids is 1. The zero-order valence-electron chi connectivity index (χ0n) is 9.54. The molecule has 18 heavy (non-hydrogen) atoms. The van der Waals surface area contributed by atoms with Crippen LogP contribution in [0, 0.1) is 0 Å². The van der Waals surface area contributed by atoms with Crippen molar-refractivity contribution in [3.05, 3.63) is 11.1 Å². The number of carboxylic acids is 1. The number of carbonyl (C=O) groups excluding carboxylic acids is 1. The van der Waals surface area contributed by atoms with E-state index in [2.05, 4.69) is 4.98 Å². The van der Waals surface area contributed by atoms with Crippen LogP contribution in [0.5, 0.6) is 0 Å². The van der Waals surface area contributed by atoms with E-state index in [9.17, 15) is 9.59 Å². The van der Waals surface area contributed by atoms with E-state index in [1.807, 2.05) is 0 Å². The van der Waals surface area contributed by atoms with Crippen molar-refractivity contribution >= 4 is 28.3 Å². The topological polar surface area (TPSA) is 106 Å². The smallest absolute Gasteiger partial charge is 0.305 e. The number of aromatic nitrogens is 1. The van der Waals surface area contributed by atoms with E-state index in [0.717, 1.165) is 0 Å². The van der Waals surface area contributed by atoms with Crippen LogP contribution in [-0.2, 0) is 9.53 Å². The van der Waals surface area contributed by atoms with Gasteiger partial charge in [0.15, 0.2) is 5.13 Å². The summed E-state index contributed by atoms with van der Waals surface area (Å²) in [6.07, 6.45) is -0.134. The highest BCUT2D eigenvalue weighted by Gasteiger charge is 2.30. The SMILES string of the molecule is Nc1nc(C(=O)N2CCOCC2CC(=O)O)cs1. The van der Waals surface area contributed by atoms with Crippen molar-refractivity contribution in [3.63, 3.8) is 0 Å². The number of hydrogen-bond donors (Lipinski definition) is 2. The molecule has 1 atom stereocenters. The maximum Gasteiger partial charge on any atom is 0.305 e. The molecule has 1 unspecified atom stereocenters. The third-order valence-corrected chi connectivity index (χ3v) is 3.31. The molecular formula is C10H13N3O4S. The van der Waals surface area contributed by atoms with E-state index in [1.54, 1.807) is 5.38 Å². The Morgan fingerprint density at radius 1 is 1.67 bits per heavy atom. The number of thiazole rings is 1. The highest BCUT2D eigenvalue weighted by Crippen LogP contribution is 2.17. The van der Waals surface area contributed by atoms with Crippen molar-refractivity contribution in [2.75, 3.05) is 25.5 Å². The van der Waals surface area contributed by atoms with Crippen molar-refractivity contribution in [2.24, 2.45) is 0 Å². The van der Waals surface area contributed by atoms with Crippen molar-refractivity contribution in [2.45, 2.75) is 12.5 Å². The Hall–Kier alpha value is -1.67. The lowest BCUT2D eigenvalue weighted by atomic mass is 10.1. The average molecular weight is 271 g/mol. The summed E-state index contributed by atoms with van der Waals surface area (Å²) in [4.78, 5) is 28.3. The van der Waals surface area contributed by atoms with Gasteiger partial charge in [-0.25, -0.2) is 4.98 Å². The first-order valence-electron chi connectivity index (χ1n) is 5.39. The Morgan fingerprint density at radius 3 is 3.06 bits per heavy atom. The predicted octanol–water partition coefficient (Wildman–Crippen LogP) is 0.0410. The van der Waals surface area contributed by atoms with Gasteiger partial charge < -0.3 is 20.5 Å². The van der Waals surface area contributed by atoms with Crippen LogP contribution in [0.25, 0.3) is 0 Å². The van der Waals surface area contributed by atoms with Crippen LogP contribution in [0.1, 0.15) is 16.9 Å². The van der Waals surface area contributed by atoms with Gasteiger partial charge in [0.05, 0.1) is 25.7 Å². The second-order valence-corrected chi connectivity index (χ2v) is 4.79. The van der Waals surface area contributed by atoms with Crippen LogP contribution in [0.3, 0.4) is 0 Å². The Balaban J connectivity index is 2.13. The summed E-state index contributed by atoms with van der Waals surface area (Å²) >= 11 is 1.18. The molecule has 1 aliphatic rings. The minimum Gasteiger partial charge on any atom is -0.481 e. The number of morpholine rings is 1. The molecule has 1 aromatic heterocycles. The van der Waals surface area contributed by atoms with Gasteiger partial charge in [0.2, 0.25) is 0 Å². The quantitative estimate of drug-likeness (QED) is 0.804. The number of amides is 1. The van der Waals surface area contributed by atoms with Gasteiger partial charge in [0, 0.05) is 11.9 Å². The number of nitrogens with zero attached hydrogens (tertiary/aromatic N) is 2. The summed E-state index contributed by atoms with van der Waals surface area (Å²) in [7, 11) is 0. The summed E-state index contributed by atoms with van der Waals surface area (Å²) in [5.74, 6) is -1.25. The number of anilines is 1. The molecule has 8 heteroatoms. The van der Waals surface area contributed by atoms with Crippen LogP contribution >= 0.6 is 11.3 Å². The molecule has 1 aliphatic heterocycles. The van der Waals surface area contributed by atoms with Crippen molar-refractivity contribution < 1.29 is 19.4 Å². The number of ether oxygens (including phenoxy) is 1. The third-order valence-electron chi connectivity index (χ3n) is 2.64. The van der Waals surface area contributed by atoms with E-state index in [0.29, 0.717) is 18.3 Å². The van der Waals surface area contributed by atoms with Crippen LogP contribution in [0.4, 0.5) is 5.13 Å². The Morgan fingerprint density at radius 2 is 2.44 bits per heavy atom. The maximum atomic E-state index is 12.2. The molecule has 1 fully saturated rings. The van der Waals surface area contributed by atoms with Gasteiger partial charge in [-0.3, -0.25) is 9.59 Å². The number of nitrogens with two attached hydrogens (primary N) is 1. The van der Waals surface area contributed by atoms with Crippen LogP contribution in [-0.4, -0.2) is 52.7 Å². The normalized spacial score (nSPS) is 19.8. The summed E-state index contributed by atoms with van der Waals surface area (Å²) < 4.78 is 5.20. The number of carbonyl (C=O) groups is 2. The lowest BCUT2D eigenvalue weighted by Crippen LogP contribution is -2.49. The van der Waals surface area contributed by atoms with E-state index < -0.39 is 12.0 Å². The molecule has 0 spiro atoms. The van der Waals surface area contributed by atoms with Gasteiger partial charge >= 0.3 is 5.97 Å². The van der Waals surface area contributed by atoms with Crippen LogP contribution in [0.2, 0.25) is 0 Å². The molecule has 2 rings (SSSR count). The standard InChI is InChI=1S/C10H13N3O4S/c11-10-12-7(5-18-10)9(16)13-1-2-17-4-6(13)3-8(14)15/h5-6H,1-4H2,(H2,11,12)(H,14,15). The highest BCUT2D eigenvalue weighted by atomic mass is 32.1. The maximum absolute atomic E-state index is 12.2. The first-order chi connectivity index (χ1) is 8.58. The fraction of sp³-hybridized carbons (Fsp3) is 0.500. The van der Waals surface area contributed by atoms with E-state index in [1.165, 1.54) is 16.2 Å². The summed E-state index contributed by atoms with van der Waals surface area (Å²) in [5.41, 5.74) is 5.74. The summed E-state index contributed by atoms with van der Waals surface area (Å²) in [6, 6.07) is -0.452. The molecule has 98 valence electrons. The Kier molecular flexibility index (Phi) is 3.78. The third kappa shape index (κ3) is 2.77. The number of nitrogen functional groups attached to an aromatic ring is 1. The summed E-state index contributed by atoms with van der Waals surface area (Å²) in [5, 5.41) is 10.7. The first kappa shape index (κ1) is 12.8. The molecule has 7 nitrogen and oxygen atoms in total. The largest absolute Gasteiger partial charge is 0.481 e. The van der Waals surface area contributed by atoms with E-state index >= 15 is 0 Å².